The van der Waals surface area contributed by atoms with Crippen LogP contribution in [-0.4, -0.2) is 36.2 Å². The highest BCUT2D eigenvalue weighted by Crippen LogP contribution is 2.37. The number of halogens is 2. The zero-order valence-corrected chi connectivity index (χ0v) is 17.1. The Bertz CT molecular complexity index is 797. The average Bonchev–Trinajstić information content (AvgIpc) is 3.13. The number of benzene rings is 2. The maximum Gasteiger partial charge on any atom is 0.278 e. The molecule has 0 aliphatic carbocycles. The molecule has 28 heavy (non-hydrogen) atoms. The van der Waals surface area contributed by atoms with Gasteiger partial charge in [-0.2, -0.15) is 0 Å². The van der Waals surface area contributed by atoms with Crippen LogP contribution in [0.15, 0.2) is 48.5 Å². The third-order valence-electron chi connectivity index (χ3n) is 4.86. The molecule has 1 N–H and O–H groups in total. The third-order valence-corrected chi connectivity index (χ3v) is 6.12. The summed E-state index contributed by atoms with van der Waals surface area (Å²) in [5.41, 5.74) is 1.58. The molecular weight excluding hydrogens is 378 g/mol. The quantitative estimate of drug-likeness (QED) is 0.765. The standard InChI is InChI=1S/C22H26F2N2OS/c1-16(2)13-25(14-18-5-3-4-6-20(18)24)15-21(27)26-11-12-28-22(26)17-7-9-19(23)10-8-17/h3-10,16,22H,11-15H2,1-2H3/p+1/t22-/m1/s1. The molecule has 1 heterocycles. The molecule has 0 aromatic heterocycles. The number of nitrogens with one attached hydrogen (secondary N) is 1. The molecule has 1 aliphatic heterocycles. The van der Waals surface area contributed by atoms with Crippen LogP contribution >= 0.6 is 11.8 Å². The van der Waals surface area contributed by atoms with Crippen molar-refractivity contribution in [3.8, 4) is 0 Å². The van der Waals surface area contributed by atoms with Crippen LogP contribution in [0, 0.1) is 17.6 Å². The number of quaternary nitrogens is 1. The van der Waals surface area contributed by atoms with Crippen molar-refractivity contribution in [2.24, 2.45) is 5.92 Å². The Morgan fingerprint density at radius 1 is 1.18 bits per heavy atom. The number of carbonyl (C=O) groups excluding carboxylic acids is 1. The Labute approximate surface area is 169 Å². The molecule has 3 rings (SSSR count). The Morgan fingerprint density at radius 3 is 2.57 bits per heavy atom. The molecule has 6 heteroatoms. The number of nitrogens with zero attached hydrogens (tertiary/aromatic N) is 1. The van der Waals surface area contributed by atoms with E-state index in [9.17, 15) is 13.6 Å². The Hall–Kier alpha value is -1.92. The molecule has 1 aliphatic rings. The van der Waals surface area contributed by atoms with E-state index in [1.54, 1.807) is 36.0 Å². The molecule has 1 unspecified atom stereocenters. The fourth-order valence-corrected chi connectivity index (χ4v) is 4.92. The van der Waals surface area contributed by atoms with Gasteiger partial charge in [-0.1, -0.05) is 44.2 Å². The lowest BCUT2D eigenvalue weighted by molar-refractivity contribution is -0.909. The van der Waals surface area contributed by atoms with E-state index < -0.39 is 0 Å². The van der Waals surface area contributed by atoms with E-state index in [1.807, 2.05) is 11.0 Å². The molecular formula is C22H27F2N2OS+. The second-order valence-corrected chi connectivity index (χ2v) is 8.84. The SMILES string of the molecule is CC(C)C[NH+](CC(=O)N1CCS[C@@H]1c1ccc(F)cc1)Cc1ccccc1F. The maximum atomic E-state index is 14.1. The van der Waals surface area contributed by atoms with E-state index in [2.05, 4.69) is 13.8 Å². The average molecular weight is 406 g/mol. The molecule has 2 atom stereocenters. The largest absolute Gasteiger partial charge is 0.323 e. The molecule has 0 spiro atoms. The second-order valence-electron chi connectivity index (χ2n) is 7.65. The zero-order chi connectivity index (χ0) is 20.1. The van der Waals surface area contributed by atoms with Gasteiger partial charge in [0.05, 0.1) is 6.54 Å². The molecule has 0 radical (unpaired) electrons. The van der Waals surface area contributed by atoms with Crippen molar-refractivity contribution in [3.63, 3.8) is 0 Å². The lowest BCUT2D eigenvalue weighted by Gasteiger charge is -2.27. The van der Waals surface area contributed by atoms with Crippen LogP contribution in [0.1, 0.15) is 30.3 Å². The molecule has 2 aromatic rings. The van der Waals surface area contributed by atoms with Crippen LogP contribution < -0.4 is 4.90 Å². The van der Waals surface area contributed by atoms with Crippen molar-refractivity contribution in [1.29, 1.82) is 0 Å². The molecule has 1 fully saturated rings. The van der Waals surface area contributed by atoms with Crippen molar-refractivity contribution in [3.05, 3.63) is 71.3 Å². The van der Waals surface area contributed by atoms with Gasteiger partial charge in [0.15, 0.2) is 6.54 Å². The second kappa shape index (κ2) is 9.52. The Morgan fingerprint density at radius 2 is 1.89 bits per heavy atom. The fourth-order valence-electron chi connectivity index (χ4n) is 3.64. The van der Waals surface area contributed by atoms with Crippen molar-refractivity contribution in [1.82, 2.24) is 4.90 Å². The van der Waals surface area contributed by atoms with E-state index in [-0.39, 0.29) is 22.9 Å². The maximum absolute atomic E-state index is 14.1. The Balaban J connectivity index is 1.71. The van der Waals surface area contributed by atoms with Gasteiger partial charge < -0.3 is 9.80 Å². The highest BCUT2D eigenvalue weighted by atomic mass is 32.2. The van der Waals surface area contributed by atoms with Crippen molar-refractivity contribution in [2.75, 3.05) is 25.4 Å². The molecule has 1 saturated heterocycles. The summed E-state index contributed by atoms with van der Waals surface area (Å²) in [4.78, 5) is 16.0. The van der Waals surface area contributed by atoms with Gasteiger partial charge in [-0.3, -0.25) is 4.79 Å². The van der Waals surface area contributed by atoms with E-state index in [0.717, 1.165) is 22.8 Å². The highest BCUT2D eigenvalue weighted by molar-refractivity contribution is 7.99. The fraction of sp³-hybridized carbons (Fsp3) is 0.409. The summed E-state index contributed by atoms with van der Waals surface area (Å²) in [5, 5.41) is -0.0816. The van der Waals surface area contributed by atoms with Gasteiger partial charge in [0.25, 0.3) is 5.91 Å². The van der Waals surface area contributed by atoms with E-state index in [0.29, 0.717) is 31.1 Å². The first kappa shape index (κ1) is 20.8. The highest BCUT2D eigenvalue weighted by Gasteiger charge is 2.32. The number of carbonyl (C=O) groups is 1. The normalized spacial score (nSPS) is 17.9. The number of hydrogen-bond donors (Lipinski definition) is 1. The van der Waals surface area contributed by atoms with Gasteiger partial charge in [-0.15, -0.1) is 11.8 Å². The summed E-state index contributed by atoms with van der Waals surface area (Å²) >= 11 is 1.70. The van der Waals surface area contributed by atoms with Crippen molar-refractivity contribution < 1.29 is 18.5 Å². The summed E-state index contributed by atoms with van der Waals surface area (Å²) in [6, 6.07) is 13.1. The summed E-state index contributed by atoms with van der Waals surface area (Å²) in [5.74, 6) is 0.821. The van der Waals surface area contributed by atoms with Crippen LogP contribution in [0.2, 0.25) is 0 Å². The molecule has 0 saturated carbocycles. The lowest BCUT2D eigenvalue weighted by atomic mass is 10.1. The molecule has 150 valence electrons. The minimum Gasteiger partial charge on any atom is -0.323 e. The summed E-state index contributed by atoms with van der Waals surface area (Å²) in [7, 11) is 0. The summed E-state index contributed by atoms with van der Waals surface area (Å²) in [6.45, 7) is 6.50. The lowest BCUT2D eigenvalue weighted by Crippen LogP contribution is -3.12. The minimum absolute atomic E-state index is 0.0614. The minimum atomic E-state index is -0.276. The monoisotopic (exact) mass is 405 g/mol. The van der Waals surface area contributed by atoms with E-state index in [4.69, 9.17) is 0 Å². The smallest absolute Gasteiger partial charge is 0.278 e. The zero-order valence-electron chi connectivity index (χ0n) is 16.3. The van der Waals surface area contributed by atoms with Crippen LogP contribution in [0.25, 0.3) is 0 Å². The van der Waals surface area contributed by atoms with Crippen LogP contribution in [0.4, 0.5) is 8.78 Å². The Kier molecular flexibility index (Phi) is 7.08. The van der Waals surface area contributed by atoms with Gasteiger partial charge in [-0.05, 0) is 23.8 Å². The molecule has 3 nitrogen and oxygen atoms in total. The van der Waals surface area contributed by atoms with Gasteiger partial charge >= 0.3 is 0 Å². The van der Waals surface area contributed by atoms with Crippen molar-refractivity contribution >= 4 is 17.7 Å². The van der Waals surface area contributed by atoms with Crippen LogP contribution in [0.5, 0.6) is 0 Å². The van der Waals surface area contributed by atoms with Gasteiger partial charge in [0.1, 0.15) is 23.6 Å². The number of amides is 1. The number of hydrogen-bond acceptors (Lipinski definition) is 2. The molecule has 2 aromatic carbocycles. The predicted molar refractivity (Wildman–Crippen MR) is 109 cm³/mol. The molecule has 1 amide bonds. The van der Waals surface area contributed by atoms with Crippen molar-refractivity contribution in [2.45, 2.75) is 25.8 Å². The number of rotatable bonds is 7. The first-order valence-electron chi connectivity index (χ1n) is 9.67. The van der Waals surface area contributed by atoms with Crippen LogP contribution in [0.3, 0.4) is 0 Å². The van der Waals surface area contributed by atoms with Gasteiger partial charge in [0.2, 0.25) is 0 Å². The summed E-state index contributed by atoms with van der Waals surface area (Å²) in [6.07, 6.45) is 0. The van der Waals surface area contributed by atoms with Crippen LogP contribution in [-0.2, 0) is 11.3 Å². The predicted octanol–water partition coefficient (Wildman–Crippen LogP) is 3.28. The van der Waals surface area contributed by atoms with Gasteiger partial charge in [-0.25, -0.2) is 8.78 Å². The third kappa shape index (κ3) is 5.32. The first-order chi connectivity index (χ1) is 13.4. The van der Waals surface area contributed by atoms with Gasteiger partial charge in [0, 0.05) is 23.8 Å². The molecule has 0 bridgehead atoms. The van der Waals surface area contributed by atoms with E-state index >= 15 is 0 Å². The number of thioether (sulfide) groups is 1. The summed E-state index contributed by atoms with van der Waals surface area (Å²) < 4.78 is 27.3. The topological polar surface area (TPSA) is 24.8 Å². The first-order valence-corrected chi connectivity index (χ1v) is 10.7. The van der Waals surface area contributed by atoms with E-state index in [1.165, 1.54) is 18.2 Å².